The predicted molar refractivity (Wildman–Crippen MR) is 90.9 cm³/mol. The summed E-state index contributed by atoms with van der Waals surface area (Å²) in [5, 5.41) is 18.7. The van der Waals surface area contributed by atoms with E-state index in [0.29, 0.717) is 5.56 Å². The first kappa shape index (κ1) is 19.2. The van der Waals surface area contributed by atoms with Crippen LogP contribution in [0.4, 0.5) is 13.2 Å². The maximum absolute atomic E-state index is 12.7. The monoisotopic (exact) mass is 363 g/mol. The lowest BCUT2D eigenvalue weighted by Gasteiger charge is -2.13. The van der Waals surface area contributed by atoms with Gasteiger partial charge in [0.1, 0.15) is 11.3 Å². The third kappa shape index (κ3) is 4.30. The molecule has 0 heterocycles. The van der Waals surface area contributed by atoms with Gasteiger partial charge in [0.25, 0.3) is 0 Å². The van der Waals surface area contributed by atoms with Gasteiger partial charge in [0, 0.05) is 11.1 Å². The van der Waals surface area contributed by atoms with E-state index in [0.717, 1.165) is 24.3 Å². The van der Waals surface area contributed by atoms with E-state index in [2.05, 4.69) is 0 Å². The summed E-state index contributed by atoms with van der Waals surface area (Å²) < 4.78 is 42.9. The highest BCUT2D eigenvalue weighted by Crippen LogP contribution is 2.30. The van der Waals surface area contributed by atoms with Crippen LogP contribution in [0.15, 0.2) is 60.2 Å². The first-order valence-corrected chi connectivity index (χ1v) is 7.68. The summed E-state index contributed by atoms with van der Waals surface area (Å²) in [6.45, 7) is 1.58. The summed E-state index contributed by atoms with van der Waals surface area (Å²) in [6, 6.07) is 11.8. The summed E-state index contributed by atoms with van der Waals surface area (Å²) in [4.78, 5) is 12.2. The van der Waals surface area contributed by atoms with Gasteiger partial charge in [-0.1, -0.05) is 42.5 Å². The number of hydrogen-bond donors (Lipinski definition) is 2. The third-order valence-electron chi connectivity index (χ3n) is 3.51. The van der Waals surface area contributed by atoms with Crippen LogP contribution >= 0.6 is 0 Å². The van der Waals surface area contributed by atoms with Gasteiger partial charge in [-0.15, -0.1) is 0 Å². The topological polar surface area (TPSA) is 70.4 Å². The SMILES string of the molecule is CCOC(=O)C(C(=N)c1ccccc1)=C(O)c1ccc(C(F)(F)F)cc1. The van der Waals surface area contributed by atoms with Crippen LogP contribution in [0.1, 0.15) is 23.6 Å². The molecule has 0 spiro atoms. The number of nitrogens with one attached hydrogen (secondary N) is 1. The van der Waals surface area contributed by atoms with Gasteiger partial charge >= 0.3 is 12.1 Å². The lowest BCUT2D eigenvalue weighted by molar-refractivity contribution is -0.138. The van der Waals surface area contributed by atoms with Crippen LogP contribution in [0.3, 0.4) is 0 Å². The standard InChI is InChI=1S/C19H16F3NO3/c1-2-26-18(25)15(16(23)12-6-4-3-5-7-12)17(24)13-8-10-14(11-9-13)19(20,21)22/h3-11,23-24H,2H2,1H3. The van der Waals surface area contributed by atoms with Gasteiger partial charge in [0.05, 0.1) is 17.9 Å². The van der Waals surface area contributed by atoms with Crippen LogP contribution in [-0.4, -0.2) is 23.4 Å². The van der Waals surface area contributed by atoms with Crippen LogP contribution in [0.2, 0.25) is 0 Å². The molecule has 0 fully saturated rings. The molecule has 0 radical (unpaired) electrons. The largest absolute Gasteiger partial charge is 0.506 e. The number of alkyl halides is 3. The number of ether oxygens (including phenoxy) is 1. The zero-order valence-electron chi connectivity index (χ0n) is 13.8. The molecule has 26 heavy (non-hydrogen) atoms. The molecule has 0 aliphatic rings. The van der Waals surface area contributed by atoms with Crippen molar-refractivity contribution >= 4 is 17.4 Å². The van der Waals surface area contributed by atoms with Crippen molar-refractivity contribution in [1.29, 1.82) is 5.41 Å². The van der Waals surface area contributed by atoms with Crippen LogP contribution < -0.4 is 0 Å². The Kier molecular flexibility index (Phi) is 5.82. The summed E-state index contributed by atoms with van der Waals surface area (Å²) >= 11 is 0. The molecule has 136 valence electrons. The molecule has 0 unspecified atom stereocenters. The lowest BCUT2D eigenvalue weighted by atomic mass is 9.98. The van der Waals surface area contributed by atoms with Gasteiger partial charge in [-0.25, -0.2) is 4.79 Å². The summed E-state index contributed by atoms with van der Waals surface area (Å²) in [7, 11) is 0. The Bertz CT molecular complexity index is 825. The Morgan fingerprint density at radius 1 is 1.04 bits per heavy atom. The molecule has 0 amide bonds. The first-order valence-electron chi connectivity index (χ1n) is 7.68. The molecule has 0 bridgehead atoms. The molecule has 2 aromatic carbocycles. The number of aliphatic hydroxyl groups is 1. The highest BCUT2D eigenvalue weighted by Gasteiger charge is 2.30. The van der Waals surface area contributed by atoms with Crippen molar-refractivity contribution in [2.24, 2.45) is 0 Å². The molecule has 0 atom stereocenters. The molecular weight excluding hydrogens is 347 g/mol. The molecule has 2 N–H and O–H groups in total. The van der Waals surface area contributed by atoms with Crippen LogP contribution in [0, 0.1) is 5.41 Å². The van der Waals surface area contributed by atoms with E-state index >= 15 is 0 Å². The number of esters is 1. The Labute approximate surface area is 148 Å². The second-order valence-corrected chi connectivity index (χ2v) is 5.26. The Morgan fingerprint density at radius 3 is 2.12 bits per heavy atom. The van der Waals surface area contributed by atoms with Crippen molar-refractivity contribution in [3.8, 4) is 0 Å². The zero-order valence-corrected chi connectivity index (χ0v) is 13.8. The number of aliphatic hydroxyl groups excluding tert-OH is 1. The second-order valence-electron chi connectivity index (χ2n) is 5.26. The van der Waals surface area contributed by atoms with E-state index in [-0.39, 0.29) is 17.9 Å². The molecule has 0 aromatic heterocycles. The molecule has 2 aromatic rings. The van der Waals surface area contributed by atoms with Gasteiger partial charge in [0.15, 0.2) is 0 Å². The number of hydrogen-bond acceptors (Lipinski definition) is 4. The number of carbonyl (C=O) groups is 1. The highest BCUT2D eigenvalue weighted by molar-refractivity contribution is 6.29. The van der Waals surface area contributed by atoms with Crippen molar-refractivity contribution < 1.29 is 27.8 Å². The van der Waals surface area contributed by atoms with Gasteiger partial charge in [0.2, 0.25) is 0 Å². The molecule has 0 saturated heterocycles. The van der Waals surface area contributed by atoms with Crippen LogP contribution in [0.5, 0.6) is 0 Å². The molecule has 2 rings (SSSR count). The smallest absolute Gasteiger partial charge is 0.416 e. The second kappa shape index (κ2) is 7.86. The van der Waals surface area contributed by atoms with Gasteiger partial charge in [-0.05, 0) is 19.1 Å². The van der Waals surface area contributed by atoms with E-state index in [9.17, 15) is 23.1 Å². The summed E-state index contributed by atoms with van der Waals surface area (Å²) in [5.74, 6) is -1.55. The average molecular weight is 363 g/mol. The fraction of sp³-hybridized carbons (Fsp3) is 0.158. The van der Waals surface area contributed by atoms with E-state index in [1.807, 2.05) is 0 Å². The molecular formula is C19H16F3NO3. The van der Waals surface area contributed by atoms with Crippen molar-refractivity contribution in [1.82, 2.24) is 0 Å². The number of halogens is 3. The van der Waals surface area contributed by atoms with E-state index in [4.69, 9.17) is 10.1 Å². The zero-order chi connectivity index (χ0) is 19.3. The summed E-state index contributed by atoms with van der Waals surface area (Å²) in [5.41, 5.74) is -1.26. The van der Waals surface area contributed by atoms with Crippen LogP contribution in [0.25, 0.3) is 5.76 Å². The molecule has 4 nitrogen and oxygen atoms in total. The molecule has 0 aliphatic carbocycles. The Balaban J connectivity index is 2.52. The fourth-order valence-corrected chi connectivity index (χ4v) is 2.23. The summed E-state index contributed by atoms with van der Waals surface area (Å²) in [6.07, 6.45) is -4.52. The quantitative estimate of drug-likeness (QED) is 0.353. The molecule has 7 heteroatoms. The minimum absolute atomic E-state index is 0.0185. The highest BCUT2D eigenvalue weighted by atomic mass is 19.4. The van der Waals surface area contributed by atoms with Gasteiger partial charge < -0.3 is 9.84 Å². The average Bonchev–Trinajstić information content (AvgIpc) is 2.62. The first-order chi connectivity index (χ1) is 12.3. The molecule has 0 aliphatic heterocycles. The normalized spacial score (nSPS) is 12.3. The minimum atomic E-state index is -4.52. The van der Waals surface area contributed by atoms with Gasteiger partial charge in [-0.3, -0.25) is 5.41 Å². The molecule has 0 saturated carbocycles. The number of carbonyl (C=O) groups excluding carboxylic acids is 1. The number of rotatable bonds is 5. The van der Waals surface area contributed by atoms with Crippen molar-refractivity contribution in [2.75, 3.05) is 6.61 Å². The van der Waals surface area contributed by atoms with E-state index < -0.39 is 29.0 Å². The van der Waals surface area contributed by atoms with E-state index in [1.165, 1.54) is 0 Å². The fourth-order valence-electron chi connectivity index (χ4n) is 2.23. The lowest BCUT2D eigenvalue weighted by Crippen LogP contribution is -2.18. The van der Waals surface area contributed by atoms with Crippen molar-refractivity contribution in [3.05, 3.63) is 76.9 Å². The Morgan fingerprint density at radius 2 is 1.62 bits per heavy atom. The van der Waals surface area contributed by atoms with Crippen molar-refractivity contribution in [2.45, 2.75) is 13.1 Å². The third-order valence-corrected chi connectivity index (χ3v) is 3.51. The Hall–Kier alpha value is -3.09. The maximum atomic E-state index is 12.7. The predicted octanol–water partition coefficient (Wildman–Crippen LogP) is 4.61. The van der Waals surface area contributed by atoms with Crippen molar-refractivity contribution in [3.63, 3.8) is 0 Å². The maximum Gasteiger partial charge on any atom is 0.416 e. The van der Waals surface area contributed by atoms with Gasteiger partial charge in [-0.2, -0.15) is 13.2 Å². The van der Waals surface area contributed by atoms with E-state index in [1.54, 1.807) is 37.3 Å². The number of benzene rings is 2. The van der Waals surface area contributed by atoms with Crippen LogP contribution in [-0.2, 0) is 15.7 Å². The minimum Gasteiger partial charge on any atom is -0.506 e.